The molecule has 0 aliphatic rings. The van der Waals surface area contributed by atoms with Crippen LogP contribution in [0.15, 0.2) is 0 Å². The van der Waals surface area contributed by atoms with Crippen molar-refractivity contribution in [1.29, 1.82) is 0 Å². The molecule has 3 nitrogen and oxygen atoms in total. The molecule has 0 N–H and O–H groups in total. The summed E-state index contributed by atoms with van der Waals surface area (Å²) in [4.78, 5) is 10.1. The number of rotatable bonds is 2. The van der Waals surface area contributed by atoms with Crippen molar-refractivity contribution in [3.8, 4) is 0 Å². The predicted octanol–water partition coefficient (Wildman–Crippen LogP) is -5.08. The first kappa shape index (κ1) is 29.6. The third-order valence-corrected chi connectivity index (χ3v) is 0.509. The summed E-state index contributed by atoms with van der Waals surface area (Å²) in [7, 11) is 0. The Balaban J connectivity index is -0.0000000383. The molecule has 0 aromatic rings. The number of hydrogen-bond donors (Lipinski definition) is 0. The number of carbonyl (C=O) groups is 1. The van der Waals surface area contributed by atoms with E-state index in [-0.39, 0.29) is 58.9 Å². The molecule has 0 fully saturated rings. The molecular weight excluding hydrogens is 275 g/mol. The molecule has 2 radical (unpaired) electrons. The van der Waals surface area contributed by atoms with E-state index in [1.807, 2.05) is 0 Å². The van der Waals surface area contributed by atoms with Gasteiger partial charge in [-0.05, 0) is 13.8 Å². The van der Waals surface area contributed by atoms with Crippen LogP contribution in [-0.4, -0.2) is 18.2 Å². The largest absolute Gasteiger partial charge is 3.00 e. The van der Waals surface area contributed by atoms with Crippen molar-refractivity contribution in [3.05, 3.63) is 6.92 Å². The molecule has 90 valence electrons. The molecule has 0 aliphatic heterocycles. The van der Waals surface area contributed by atoms with Crippen molar-refractivity contribution >= 4 is 5.97 Å². The van der Waals surface area contributed by atoms with Crippen molar-refractivity contribution < 1.29 is 61.2 Å². The van der Waals surface area contributed by atoms with Gasteiger partial charge in [0.25, 0.3) is 0 Å². The Morgan fingerprint density at radius 1 is 1.33 bits per heavy atom. The minimum absolute atomic E-state index is 0. The van der Waals surface area contributed by atoms with Gasteiger partial charge in [0.15, 0.2) is 0 Å². The van der Waals surface area contributed by atoms with Crippen LogP contribution in [-0.2, 0) is 31.2 Å². The number of esters is 1. The van der Waals surface area contributed by atoms with E-state index in [9.17, 15) is 9.90 Å². The molecule has 0 unspecified atom stereocenters. The van der Waals surface area contributed by atoms with E-state index in [4.69, 9.17) is 0 Å². The molecule has 0 aromatic carbocycles. The van der Waals surface area contributed by atoms with Crippen LogP contribution in [0.3, 0.4) is 0 Å². The number of carbonyl (C=O) groups excluding carboxylic acids is 1. The number of ether oxygens (including phenoxy) is 1. The van der Waals surface area contributed by atoms with Gasteiger partial charge in [0, 0.05) is 6.42 Å². The van der Waals surface area contributed by atoms with Crippen LogP contribution in [0.25, 0.3) is 0 Å². The third-order valence-electron chi connectivity index (χ3n) is 0.509. The summed E-state index contributed by atoms with van der Waals surface area (Å²) < 4.78 is 4.49. The molecule has 0 aliphatic carbocycles. The molecule has 0 atom stereocenters. The van der Waals surface area contributed by atoms with Crippen molar-refractivity contribution in [2.24, 2.45) is 0 Å². The Morgan fingerprint density at radius 2 is 1.60 bits per heavy atom. The van der Waals surface area contributed by atoms with Crippen LogP contribution in [0.2, 0.25) is 0 Å². The second kappa shape index (κ2) is 17.1. The van der Waals surface area contributed by atoms with Crippen LogP contribution in [0.5, 0.6) is 0 Å². The van der Waals surface area contributed by atoms with Gasteiger partial charge in [0.1, 0.15) is 0 Å². The second-order valence-corrected chi connectivity index (χ2v) is 3.17. The Morgan fingerprint density at radius 3 is 1.67 bits per heavy atom. The average Bonchev–Trinajstić information content (AvgIpc) is 1.85. The second-order valence-electron chi connectivity index (χ2n) is 3.17. The van der Waals surface area contributed by atoms with Gasteiger partial charge in [0.2, 0.25) is 0 Å². The van der Waals surface area contributed by atoms with E-state index in [0.29, 0.717) is 6.61 Å². The predicted molar refractivity (Wildman–Crippen MR) is 46.4 cm³/mol. The van der Waals surface area contributed by atoms with E-state index in [2.05, 4.69) is 11.7 Å². The van der Waals surface area contributed by atoms with E-state index in [0.717, 1.165) is 0 Å². The molecule has 0 amide bonds. The van der Waals surface area contributed by atoms with Crippen LogP contribution in [0.4, 0.5) is 0 Å². The van der Waals surface area contributed by atoms with Crippen LogP contribution < -0.4 is 29.9 Å². The van der Waals surface area contributed by atoms with E-state index < -0.39 is 5.60 Å². The number of hydrogen-bond acceptors (Lipinski definition) is 3. The summed E-state index contributed by atoms with van der Waals surface area (Å²) in [5.41, 5.74) is -0.750. The molecule has 0 aromatic heterocycles. The Labute approximate surface area is 120 Å². The first-order valence-corrected chi connectivity index (χ1v) is 3.96. The van der Waals surface area contributed by atoms with Gasteiger partial charge < -0.3 is 34.7 Å². The maximum Gasteiger partial charge on any atom is 3.00 e. The van der Waals surface area contributed by atoms with E-state index >= 15 is 0 Å². The van der Waals surface area contributed by atoms with Crippen LogP contribution in [0, 0.1) is 6.92 Å². The fourth-order valence-electron chi connectivity index (χ4n) is 0.233. The zero-order valence-electron chi connectivity index (χ0n) is 9.60. The van der Waals surface area contributed by atoms with Crippen molar-refractivity contribution in [2.45, 2.75) is 39.7 Å². The first-order chi connectivity index (χ1) is 5.31. The van der Waals surface area contributed by atoms with Gasteiger partial charge in [-0.1, -0.05) is 20.8 Å². The third kappa shape index (κ3) is 72.8. The molecule has 15 heavy (non-hydrogen) atoms. The minimum Gasteiger partial charge on any atom is -1.00 e. The smallest absolute Gasteiger partial charge is 1.00 e. The Bertz CT molecular complexity index is 121. The first-order valence-electron chi connectivity index (χ1n) is 3.96. The minimum atomic E-state index is -0.750. The summed E-state index contributed by atoms with van der Waals surface area (Å²) in [5.74, 6) is -0.234. The van der Waals surface area contributed by atoms with Gasteiger partial charge in [-0.25, -0.2) is 0 Å². The van der Waals surface area contributed by atoms with Gasteiger partial charge >= 0.3 is 27.7 Å². The fraction of sp³-hybridized carbons (Fsp3) is 0.778. The molecule has 0 rings (SSSR count). The topological polar surface area (TPSA) is 49.4 Å². The molecule has 0 heterocycles. The van der Waals surface area contributed by atoms with E-state index in [1.54, 1.807) is 27.7 Å². The summed E-state index contributed by atoms with van der Waals surface area (Å²) in [5, 5.41) is 10.1. The zero-order chi connectivity index (χ0) is 10.2. The van der Waals surface area contributed by atoms with Crippen molar-refractivity contribution in [1.82, 2.24) is 0 Å². The van der Waals surface area contributed by atoms with Gasteiger partial charge in [-0.3, -0.25) is 4.79 Å². The van der Waals surface area contributed by atoms with Crippen molar-refractivity contribution in [3.63, 3.8) is 0 Å². The number of halogens is 2. The van der Waals surface area contributed by atoms with Crippen LogP contribution >= 0.6 is 0 Å². The Kier molecular flexibility index (Phi) is 33.8. The summed E-state index contributed by atoms with van der Waals surface area (Å²) in [6.07, 6.45) is 0.230. The standard InChI is InChI=1S/C5H9O2.C4H9O.2ClH.Ti/c1-3-5(6)7-4-2;1-4(2,3)5;;;/h1,3-4H2,2H3;1-3H3;2*1H;/q;-1;;;+3/p-2. The fourth-order valence-corrected chi connectivity index (χ4v) is 0.233. The van der Waals surface area contributed by atoms with Crippen molar-refractivity contribution in [2.75, 3.05) is 6.61 Å². The quantitative estimate of drug-likeness (QED) is 0.378. The maximum atomic E-state index is 10.1. The molecule has 0 bridgehead atoms. The molecule has 0 saturated heterocycles. The molecule has 0 spiro atoms. The van der Waals surface area contributed by atoms with Gasteiger partial charge in [-0.15, -0.1) is 5.60 Å². The molecular formula is C9H18Cl2O3Ti. The van der Waals surface area contributed by atoms with Gasteiger partial charge in [0.05, 0.1) is 6.61 Å². The monoisotopic (exact) mass is 292 g/mol. The average molecular weight is 293 g/mol. The summed E-state index contributed by atoms with van der Waals surface area (Å²) >= 11 is 0. The maximum absolute atomic E-state index is 10.1. The summed E-state index contributed by atoms with van der Waals surface area (Å²) in [6.45, 7) is 10.4. The van der Waals surface area contributed by atoms with Crippen LogP contribution in [0.1, 0.15) is 34.1 Å². The van der Waals surface area contributed by atoms with E-state index in [1.165, 1.54) is 0 Å². The molecule has 0 saturated carbocycles. The normalized spacial score (nSPS) is 7.87. The SMILES string of the molecule is CC(C)(C)[O-].[CH2]CC(=O)OCC.[Cl-].[Cl-].[Ti+3]. The van der Waals surface area contributed by atoms with Gasteiger partial charge in [-0.2, -0.15) is 0 Å². The zero-order valence-corrected chi connectivity index (χ0v) is 12.7. The Hall–Kier alpha value is 0.724. The summed E-state index contributed by atoms with van der Waals surface area (Å²) in [6, 6.07) is 0. The molecule has 6 heteroatoms.